The van der Waals surface area contributed by atoms with Gasteiger partial charge in [-0.3, -0.25) is 19.7 Å². The summed E-state index contributed by atoms with van der Waals surface area (Å²) in [6.45, 7) is 6.78. The number of carbonyl (C=O) groups excluding carboxylic acids is 3. The molecule has 1 unspecified atom stereocenters. The van der Waals surface area contributed by atoms with Crippen LogP contribution in [0.3, 0.4) is 0 Å². The van der Waals surface area contributed by atoms with E-state index in [-0.39, 0.29) is 23.7 Å². The van der Waals surface area contributed by atoms with Gasteiger partial charge < -0.3 is 10.2 Å². The molecule has 0 saturated carbocycles. The molecule has 3 amide bonds. The van der Waals surface area contributed by atoms with Gasteiger partial charge in [-0.05, 0) is 29.5 Å². The number of carbonyl (C=O) groups is 3. The topological polar surface area (TPSA) is 78.5 Å². The molecule has 2 heterocycles. The van der Waals surface area contributed by atoms with Gasteiger partial charge in [-0.25, -0.2) is 0 Å². The van der Waals surface area contributed by atoms with Gasteiger partial charge >= 0.3 is 0 Å². The summed E-state index contributed by atoms with van der Waals surface area (Å²) in [7, 11) is 0. The molecular weight excluding hydrogens is 318 g/mol. The third-order valence-electron chi connectivity index (χ3n) is 4.54. The van der Waals surface area contributed by atoms with Gasteiger partial charge in [0.1, 0.15) is 6.04 Å². The molecule has 0 aliphatic carbocycles. The van der Waals surface area contributed by atoms with Crippen molar-refractivity contribution in [2.75, 3.05) is 11.9 Å². The van der Waals surface area contributed by atoms with E-state index >= 15 is 0 Å². The maximum absolute atomic E-state index is 12.3. The number of imide groups is 1. The van der Waals surface area contributed by atoms with E-state index in [0.717, 1.165) is 11.4 Å². The number of piperidine rings is 1. The Labute approximate surface area is 147 Å². The highest BCUT2D eigenvalue weighted by atomic mass is 16.2. The largest absolute Gasteiger partial charge is 0.357 e. The van der Waals surface area contributed by atoms with Crippen LogP contribution < -0.4 is 10.6 Å². The van der Waals surface area contributed by atoms with Crippen LogP contribution in [0, 0.1) is 0 Å². The Kier molecular flexibility index (Phi) is 4.37. The lowest BCUT2D eigenvalue weighted by Gasteiger charge is -2.29. The minimum absolute atomic E-state index is 0.0380. The van der Waals surface area contributed by atoms with Crippen LogP contribution in [0.25, 0.3) is 0 Å². The fraction of sp³-hybridized carbons (Fsp3) is 0.421. The number of amides is 3. The molecule has 2 aliphatic rings. The summed E-state index contributed by atoms with van der Waals surface area (Å²) >= 11 is 0. The predicted octanol–water partition coefficient (Wildman–Crippen LogP) is 1.93. The van der Waals surface area contributed by atoms with Crippen LogP contribution in [-0.4, -0.2) is 35.2 Å². The molecule has 25 heavy (non-hydrogen) atoms. The summed E-state index contributed by atoms with van der Waals surface area (Å²) in [5.74, 6) is -0.879. The first-order valence-electron chi connectivity index (χ1n) is 8.46. The van der Waals surface area contributed by atoms with Gasteiger partial charge in [-0.15, -0.1) is 0 Å². The SMILES string of the molecule is CC(C)(C)c1cccc(NC2=CC(=O)N(C3CCC(=O)NC3=O)C2)c1. The number of benzene rings is 1. The van der Waals surface area contributed by atoms with E-state index in [0.29, 0.717) is 13.0 Å². The smallest absolute Gasteiger partial charge is 0.249 e. The minimum atomic E-state index is -0.582. The summed E-state index contributed by atoms with van der Waals surface area (Å²) in [4.78, 5) is 37.0. The minimum Gasteiger partial charge on any atom is -0.357 e. The number of hydrogen-bond donors (Lipinski definition) is 2. The van der Waals surface area contributed by atoms with E-state index in [1.54, 1.807) is 0 Å². The third-order valence-corrected chi connectivity index (χ3v) is 4.54. The molecule has 0 bridgehead atoms. The number of hydrogen-bond acceptors (Lipinski definition) is 4. The molecule has 1 saturated heterocycles. The van der Waals surface area contributed by atoms with Gasteiger partial charge in [0.2, 0.25) is 17.7 Å². The van der Waals surface area contributed by atoms with Crippen molar-refractivity contribution in [1.29, 1.82) is 0 Å². The fourth-order valence-corrected chi connectivity index (χ4v) is 3.11. The van der Waals surface area contributed by atoms with Crippen molar-refractivity contribution in [3.63, 3.8) is 0 Å². The van der Waals surface area contributed by atoms with Crippen LogP contribution in [0.15, 0.2) is 36.0 Å². The van der Waals surface area contributed by atoms with Crippen molar-refractivity contribution in [3.8, 4) is 0 Å². The molecule has 3 rings (SSSR count). The Morgan fingerprint density at radius 3 is 2.64 bits per heavy atom. The van der Waals surface area contributed by atoms with E-state index in [1.807, 2.05) is 12.1 Å². The van der Waals surface area contributed by atoms with Crippen molar-refractivity contribution in [2.24, 2.45) is 0 Å². The third kappa shape index (κ3) is 3.73. The normalized spacial score (nSPS) is 21.2. The molecule has 0 aromatic heterocycles. The van der Waals surface area contributed by atoms with Gasteiger partial charge in [-0.2, -0.15) is 0 Å². The molecule has 1 aromatic rings. The van der Waals surface area contributed by atoms with E-state index in [4.69, 9.17) is 0 Å². The molecule has 0 radical (unpaired) electrons. The maximum Gasteiger partial charge on any atom is 0.249 e. The van der Waals surface area contributed by atoms with Crippen molar-refractivity contribution in [1.82, 2.24) is 10.2 Å². The Morgan fingerprint density at radius 1 is 1.20 bits per heavy atom. The summed E-state index contributed by atoms with van der Waals surface area (Å²) in [6, 6.07) is 7.50. The lowest BCUT2D eigenvalue weighted by atomic mass is 9.87. The van der Waals surface area contributed by atoms with Gasteiger partial charge in [0, 0.05) is 23.9 Å². The van der Waals surface area contributed by atoms with Crippen LogP contribution in [0.4, 0.5) is 5.69 Å². The number of nitrogens with zero attached hydrogens (tertiary/aromatic N) is 1. The molecule has 6 nitrogen and oxygen atoms in total. The molecule has 1 fully saturated rings. The van der Waals surface area contributed by atoms with Gasteiger partial charge in [0.05, 0.1) is 6.54 Å². The molecule has 0 spiro atoms. The molecule has 2 aliphatic heterocycles. The second-order valence-electron chi connectivity index (χ2n) is 7.56. The highest BCUT2D eigenvalue weighted by Crippen LogP contribution is 2.26. The van der Waals surface area contributed by atoms with Gasteiger partial charge in [-0.1, -0.05) is 32.9 Å². The molecule has 1 aromatic carbocycles. The summed E-state index contributed by atoms with van der Waals surface area (Å²) < 4.78 is 0. The zero-order valence-corrected chi connectivity index (χ0v) is 14.8. The van der Waals surface area contributed by atoms with Gasteiger partial charge in [0.15, 0.2) is 0 Å². The lowest BCUT2D eigenvalue weighted by molar-refractivity contribution is -0.142. The Balaban J connectivity index is 1.70. The average molecular weight is 341 g/mol. The summed E-state index contributed by atoms with van der Waals surface area (Å²) in [5, 5.41) is 5.58. The van der Waals surface area contributed by atoms with Crippen molar-refractivity contribution >= 4 is 23.4 Å². The zero-order chi connectivity index (χ0) is 18.2. The van der Waals surface area contributed by atoms with E-state index in [1.165, 1.54) is 16.5 Å². The van der Waals surface area contributed by atoms with E-state index < -0.39 is 11.9 Å². The van der Waals surface area contributed by atoms with Gasteiger partial charge in [0.25, 0.3) is 0 Å². The molecule has 1 atom stereocenters. The van der Waals surface area contributed by atoms with Crippen LogP contribution in [-0.2, 0) is 19.8 Å². The standard InChI is InChI=1S/C19H23N3O3/c1-19(2,3)12-5-4-6-13(9-12)20-14-10-17(24)22(11-14)15-7-8-16(23)21-18(15)25/h4-6,9-10,15,20H,7-8,11H2,1-3H3,(H,21,23,25). The summed E-state index contributed by atoms with van der Waals surface area (Å²) in [5.41, 5.74) is 2.90. The first kappa shape index (κ1) is 17.2. The van der Waals surface area contributed by atoms with Crippen LogP contribution in [0.1, 0.15) is 39.2 Å². The van der Waals surface area contributed by atoms with Crippen LogP contribution >= 0.6 is 0 Å². The lowest BCUT2D eigenvalue weighted by Crippen LogP contribution is -2.53. The van der Waals surface area contributed by atoms with Crippen molar-refractivity contribution < 1.29 is 14.4 Å². The molecule has 6 heteroatoms. The number of rotatable bonds is 3. The van der Waals surface area contributed by atoms with E-state index in [2.05, 4.69) is 43.5 Å². The van der Waals surface area contributed by atoms with Crippen LogP contribution in [0.5, 0.6) is 0 Å². The quantitative estimate of drug-likeness (QED) is 0.824. The van der Waals surface area contributed by atoms with Crippen molar-refractivity contribution in [2.45, 2.75) is 45.1 Å². The molecule has 2 N–H and O–H groups in total. The first-order valence-corrected chi connectivity index (χ1v) is 8.46. The Morgan fingerprint density at radius 2 is 1.96 bits per heavy atom. The van der Waals surface area contributed by atoms with E-state index in [9.17, 15) is 14.4 Å². The highest BCUT2D eigenvalue weighted by molar-refractivity contribution is 6.03. The molecule has 132 valence electrons. The monoisotopic (exact) mass is 341 g/mol. The van der Waals surface area contributed by atoms with Crippen LogP contribution in [0.2, 0.25) is 0 Å². The zero-order valence-electron chi connectivity index (χ0n) is 14.8. The predicted molar refractivity (Wildman–Crippen MR) is 94.7 cm³/mol. The second-order valence-corrected chi connectivity index (χ2v) is 7.56. The number of anilines is 1. The number of nitrogens with one attached hydrogen (secondary N) is 2. The van der Waals surface area contributed by atoms with Crippen molar-refractivity contribution in [3.05, 3.63) is 41.6 Å². The maximum atomic E-state index is 12.3. The Bertz CT molecular complexity index is 761. The molecular formula is C19H23N3O3. The fourth-order valence-electron chi connectivity index (χ4n) is 3.11. The Hall–Kier alpha value is -2.63. The highest BCUT2D eigenvalue weighted by Gasteiger charge is 2.36. The average Bonchev–Trinajstić information content (AvgIpc) is 2.87. The summed E-state index contributed by atoms with van der Waals surface area (Å²) in [6.07, 6.45) is 2.15. The second kappa shape index (κ2) is 6.35. The first-order chi connectivity index (χ1) is 11.7.